The van der Waals surface area contributed by atoms with E-state index in [1.807, 2.05) is 18.2 Å². The first kappa shape index (κ1) is 17.2. The molecule has 2 aromatic carbocycles. The average molecular weight is 358 g/mol. The number of aliphatic hydroxyl groups excluding tert-OH is 1. The SMILES string of the molecule is NC(=O)/C(O)=C/c1ccc2c(c1)CN(S(=O)(=O)Cc1ccccc1)C2. The minimum Gasteiger partial charge on any atom is -0.503 e. The van der Waals surface area contributed by atoms with Crippen molar-refractivity contribution in [1.29, 1.82) is 0 Å². The van der Waals surface area contributed by atoms with Gasteiger partial charge in [0.05, 0.1) is 5.75 Å². The molecule has 0 radical (unpaired) electrons. The fraction of sp³-hybridized carbons (Fsp3) is 0.167. The number of fused-ring (bicyclic) bond motifs is 1. The van der Waals surface area contributed by atoms with Crippen molar-refractivity contribution in [1.82, 2.24) is 4.31 Å². The van der Waals surface area contributed by atoms with E-state index in [-0.39, 0.29) is 12.3 Å². The lowest BCUT2D eigenvalue weighted by Gasteiger charge is -2.15. The first-order valence-electron chi connectivity index (χ1n) is 7.69. The third-order valence-corrected chi connectivity index (χ3v) is 5.81. The van der Waals surface area contributed by atoms with Crippen molar-refractivity contribution in [3.8, 4) is 0 Å². The van der Waals surface area contributed by atoms with Crippen LogP contribution in [0.4, 0.5) is 0 Å². The van der Waals surface area contributed by atoms with Gasteiger partial charge in [0.25, 0.3) is 5.91 Å². The van der Waals surface area contributed by atoms with Crippen molar-refractivity contribution in [3.05, 3.63) is 76.5 Å². The van der Waals surface area contributed by atoms with Gasteiger partial charge >= 0.3 is 0 Å². The van der Waals surface area contributed by atoms with Crippen molar-refractivity contribution in [2.75, 3.05) is 0 Å². The second-order valence-corrected chi connectivity index (χ2v) is 7.90. The first-order valence-corrected chi connectivity index (χ1v) is 9.30. The van der Waals surface area contributed by atoms with E-state index in [1.54, 1.807) is 30.3 Å². The van der Waals surface area contributed by atoms with E-state index >= 15 is 0 Å². The molecule has 0 unspecified atom stereocenters. The highest BCUT2D eigenvalue weighted by Gasteiger charge is 2.29. The van der Waals surface area contributed by atoms with Crippen LogP contribution in [-0.4, -0.2) is 23.7 Å². The van der Waals surface area contributed by atoms with Crippen molar-refractivity contribution < 1.29 is 18.3 Å². The Morgan fingerprint density at radius 3 is 2.48 bits per heavy atom. The van der Waals surface area contributed by atoms with Gasteiger partial charge in [-0.2, -0.15) is 4.31 Å². The minimum atomic E-state index is -3.44. The molecule has 25 heavy (non-hydrogen) atoms. The van der Waals surface area contributed by atoms with Crippen LogP contribution in [0.1, 0.15) is 22.3 Å². The third kappa shape index (κ3) is 3.89. The van der Waals surface area contributed by atoms with Crippen LogP contribution in [0.2, 0.25) is 0 Å². The Morgan fingerprint density at radius 2 is 1.80 bits per heavy atom. The fourth-order valence-corrected chi connectivity index (χ4v) is 4.24. The highest BCUT2D eigenvalue weighted by Crippen LogP contribution is 2.28. The number of hydrogen-bond donors (Lipinski definition) is 2. The molecular formula is C18H18N2O4S. The molecule has 3 rings (SSSR count). The lowest BCUT2D eigenvalue weighted by atomic mass is 10.1. The summed E-state index contributed by atoms with van der Waals surface area (Å²) in [7, 11) is -3.44. The molecule has 0 aliphatic carbocycles. The summed E-state index contributed by atoms with van der Waals surface area (Å²) in [5.74, 6) is -1.49. The summed E-state index contributed by atoms with van der Waals surface area (Å²) in [6.45, 7) is 0.583. The largest absolute Gasteiger partial charge is 0.503 e. The van der Waals surface area contributed by atoms with Crippen molar-refractivity contribution in [3.63, 3.8) is 0 Å². The number of aliphatic hydroxyl groups is 1. The molecule has 1 heterocycles. The quantitative estimate of drug-likeness (QED) is 0.630. The molecule has 0 aromatic heterocycles. The van der Waals surface area contributed by atoms with E-state index in [4.69, 9.17) is 5.73 Å². The Kier molecular flexibility index (Phi) is 4.61. The van der Waals surface area contributed by atoms with E-state index in [2.05, 4.69) is 0 Å². The van der Waals surface area contributed by atoms with Gasteiger partial charge in [0, 0.05) is 13.1 Å². The summed E-state index contributed by atoms with van der Waals surface area (Å²) in [5.41, 5.74) is 8.10. The molecule has 0 bridgehead atoms. The molecular weight excluding hydrogens is 340 g/mol. The smallest absolute Gasteiger partial charge is 0.283 e. The molecule has 0 fully saturated rings. The Bertz CT molecular complexity index is 937. The highest BCUT2D eigenvalue weighted by molar-refractivity contribution is 7.88. The van der Waals surface area contributed by atoms with Crippen molar-refractivity contribution >= 4 is 22.0 Å². The first-order chi connectivity index (χ1) is 11.8. The van der Waals surface area contributed by atoms with E-state index in [9.17, 15) is 18.3 Å². The predicted molar refractivity (Wildman–Crippen MR) is 94.6 cm³/mol. The molecule has 2 aromatic rings. The lowest BCUT2D eigenvalue weighted by molar-refractivity contribution is -0.116. The van der Waals surface area contributed by atoms with Gasteiger partial charge < -0.3 is 10.8 Å². The number of amides is 1. The molecule has 0 spiro atoms. The zero-order valence-electron chi connectivity index (χ0n) is 13.4. The number of benzene rings is 2. The molecule has 0 atom stereocenters. The number of hydrogen-bond acceptors (Lipinski definition) is 4. The number of rotatable bonds is 5. The van der Waals surface area contributed by atoms with Gasteiger partial charge in [0.1, 0.15) is 0 Å². The van der Waals surface area contributed by atoms with Gasteiger partial charge in [-0.05, 0) is 34.4 Å². The number of sulfonamides is 1. The van der Waals surface area contributed by atoms with E-state index in [0.717, 1.165) is 16.7 Å². The van der Waals surface area contributed by atoms with Crippen LogP contribution < -0.4 is 5.73 Å². The lowest BCUT2D eigenvalue weighted by Crippen LogP contribution is -2.26. The summed E-state index contributed by atoms with van der Waals surface area (Å²) < 4.78 is 26.7. The second-order valence-electron chi connectivity index (χ2n) is 5.93. The predicted octanol–water partition coefficient (Wildman–Crippen LogP) is 1.92. The molecule has 7 heteroatoms. The van der Waals surface area contributed by atoms with E-state index in [0.29, 0.717) is 12.1 Å². The van der Waals surface area contributed by atoms with Crippen LogP contribution in [0.25, 0.3) is 6.08 Å². The molecule has 0 saturated carbocycles. The molecule has 1 aliphatic rings. The van der Waals surface area contributed by atoms with Crippen molar-refractivity contribution in [2.45, 2.75) is 18.8 Å². The Morgan fingerprint density at radius 1 is 1.12 bits per heavy atom. The molecule has 6 nitrogen and oxygen atoms in total. The summed E-state index contributed by atoms with van der Waals surface area (Å²) in [6.07, 6.45) is 1.27. The molecule has 0 saturated heterocycles. The average Bonchev–Trinajstić information content (AvgIpc) is 2.99. The van der Waals surface area contributed by atoms with Crippen LogP contribution in [0.3, 0.4) is 0 Å². The summed E-state index contributed by atoms with van der Waals surface area (Å²) in [5, 5.41) is 9.45. The van der Waals surface area contributed by atoms with Crippen LogP contribution in [0.5, 0.6) is 0 Å². The van der Waals surface area contributed by atoms with Gasteiger partial charge in [-0.15, -0.1) is 0 Å². The minimum absolute atomic E-state index is 0.0446. The monoisotopic (exact) mass is 358 g/mol. The zero-order chi connectivity index (χ0) is 18.0. The molecule has 3 N–H and O–H groups in total. The van der Waals surface area contributed by atoms with Crippen LogP contribution >= 0.6 is 0 Å². The zero-order valence-corrected chi connectivity index (χ0v) is 14.2. The van der Waals surface area contributed by atoms with Crippen LogP contribution in [0.15, 0.2) is 54.3 Å². The summed E-state index contributed by atoms with van der Waals surface area (Å²) >= 11 is 0. The van der Waals surface area contributed by atoms with Gasteiger partial charge in [-0.1, -0.05) is 42.5 Å². The fourth-order valence-electron chi connectivity index (χ4n) is 2.77. The number of nitrogens with two attached hydrogens (primary N) is 1. The van der Waals surface area contributed by atoms with Gasteiger partial charge in [-0.25, -0.2) is 8.42 Å². The van der Waals surface area contributed by atoms with Crippen LogP contribution in [-0.2, 0) is 33.7 Å². The maximum atomic E-state index is 12.6. The number of carbonyl (C=O) groups excluding carboxylic acids is 1. The topological polar surface area (TPSA) is 101 Å². The van der Waals surface area contributed by atoms with Crippen molar-refractivity contribution in [2.24, 2.45) is 5.73 Å². The third-order valence-electron chi connectivity index (χ3n) is 4.06. The molecule has 130 valence electrons. The van der Waals surface area contributed by atoms with Gasteiger partial charge in [0.15, 0.2) is 5.76 Å². The summed E-state index contributed by atoms with van der Waals surface area (Å²) in [6, 6.07) is 14.3. The molecule has 1 amide bonds. The number of primary amides is 1. The standard InChI is InChI=1S/C18H18N2O4S/c19-18(22)17(21)9-14-6-7-15-10-20(11-16(15)8-14)25(23,24)12-13-4-2-1-3-5-13/h1-9,21H,10-12H2,(H2,19,22)/b17-9-. The van der Waals surface area contributed by atoms with Gasteiger partial charge in [0.2, 0.25) is 10.0 Å². The highest BCUT2D eigenvalue weighted by atomic mass is 32.2. The van der Waals surface area contributed by atoms with E-state index in [1.165, 1.54) is 10.4 Å². The Labute approximate surface area is 146 Å². The number of carbonyl (C=O) groups is 1. The molecule has 1 aliphatic heterocycles. The maximum absolute atomic E-state index is 12.6. The summed E-state index contributed by atoms with van der Waals surface area (Å²) in [4.78, 5) is 10.9. The normalized spacial score (nSPS) is 15.1. The van der Waals surface area contributed by atoms with Gasteiger partial charge in [-0.3, -0.25) is 4.79 Å². The number of nitrogens with zero attached hydrogens (tertiary/aromatic N) is 1. The Hall–Kier alpha value is -2.64. The maximum Gasteiger partial charge on any atom is 0.283 e. The Balaban J connectivity index is 1.79. The van der Waals surface area contributed by atoms with Crippen LogP contribution in [0, 0.1) is 0 Å². The second kappa shape index (κ2) is 6.70. The van der Waals surface area contributed by atoms with E-state index < -0.39 is 21.7 Å².